The molecule has 5 rings (SSSR count). The number of ether oxygens (including phenoxy) is 2. The Morgan fingerprint density at radius 2 is 1.95 bits per heavy atom. The third-order valence-electron chi connectivity index (χ3n) is 7.29. The molecule has 13 heteroatoms. The Labute approximate surface area is 258 Å². The molecule has 0 spiro atoms. The Bertz CT molecular complexity index is 1710. The largest absolute Gasteiger partial charge is 0.496 e. The van der Waals surface area contributed by atoms with E-state index in [2.05, 4.69) is 15.6 Å². The molecule has 11 nitrogen and oxygen atoms in total. The van der Waals surface area contributed by atoms with Crippen LogP contribution in [0.3, 0.4) is 0 Å². The Kier molecular flexibility index (Phi) is 8.62. The van der Waals surface area contributed by atoms with Gasteiger partial charge < -0.3 is 29.6 Å². The molecule has 2 aromatic carbocycles. The number of hydrogen-bond acceptors (Lipinski definition) is 7. The molecule has 0 unspecified atom stereocenters. The molecular weight excluding hydrogens is 592 g/mol. The summed E-state index contributed by atoms with van der Waals surface area (Å²) in [6.45, 7) is 3.72. The molecule has 0 aliphatic carbocycles. The van der Waals surface area contributed by atoms with Crippen molar-refractivity contribution in [1.82, 2.24) is 14.9 Å². The minimum Gasteiger partial charge on any atom is -0.496 e. The van der Waals surface area contributed by atoms with Gasteiger partial charge >= 0.3 is 0 Å². The number of nitrogens with one attached hydrogen (secondary N) is 2. The van der Waals surface area contributed by atoms with E-state index in [-0.39, 0.29) is 24.2 Å². The van der Waals surface area contributed by atoms with Crippen LogP contribution in [-0.4, -0.2) is 46.3 Å². The SMILES string of the molecule is COCC(=O)Nc1ccc(N2C(=S)N[C@H](c3ccccn3)[C@@H]2c2cc(C)n(-c3ccc(OC)cc3[N+](=O)[O-])c2C)cc1Cl. The number of carbonyl (C=O) groups is 1. The number of carbonyl (C=O) groups excluding carboxylic acids is 1. The molecule has 1 amide bonds. The average Bonchev–Trinajstić information content (AvgIpc) is 3.48. The van der Waals surface area contributed by atoms with Crippen molar-refractivity contribution in [2.45, 2.75) is 25.9 Å². The average molecular weight is 621 g/mol. The molecule has 1 aliphatic heterocycles. The minimum absolute atomic E-state index is 0.0798. The first-order chi connectivity index (χ1) is 20.6. The first kappa shape index (κ1) is 30.0. The Balaban J connectivity index is 1.64. The number of hydrogen-bond donors (Lipinski definition) is 2. The number of aryl methyl sites for hydroxylation is 1. The van der Waals surface area contributed by atoms with Crippen molar-refractivity contribution >= 4 is 51.9 Å². The molecule has 0 bridgehead atoms. The molecule has 0 radical (unpaired) electrons. The smallest absolute Gasteiger partial charge is 0.296 e. The molecule has 1 aliphatic rings. The summed E-state index contributed by atoms with van der Waals surface area (Å²) in [5, 5.41) is 19.0. The molecule has 4 aromatic rings. The van der Waals surface area contributed by atoms with E-state index in [9.17, 15) is 14.9 Å². The van der Waals surface area contributed by atoms with Crippen LogP contribution in [0.2, 0.25) is 5.02 Å². The summed E-state index contributed by atoms with van der Waals surface area (Å²) in [7, 11) is 2.91. The quantitative estimate of drug-likeness (QED) is 0.135. The number of nitro groups is 1. The topological polar surface area (TPSA) is 124 Å². The highest BCUT2D eigenvalue weighted by molar-refractivity contribution is 7.80. The number of nitro benzene ring substituents is 1. The van der Waals surface area contributed by atoms with Gasteiger partial charge in [-0.1, -0.05) is 17.7 Å². The second kappa shape index (κ2) is 12.4. The summed E-state index contributed by atoms with van der Waals surface area (Å²) in [4.78, 5) is 30.3. The lowest BCUT2D eigenvalue weighted by molar-refractivity contribution is -0.384. The maximum atomic E-state index is 12.1. The lowest BCUT2D eigenvalue weighted by Crippen LogP contribution is -2.29. The number of anilines is 2. The van der Waals surface area contributed by atoms with Crippen molar-refractivity contribution in [3.05, 3.63) is 105 Å². The first-order valence-corrected chi connectivity index (χ1v) is 14.0. The molecule has 1 fully saturated rings. The fraction of sp³-hybridized carbons (Fsp3) is 0.233. The highest BCUT2D eigenvalue weighted by atomic mass is 35.5. The first-order valence-electron chi connectivity index (χ1n) is 13.2. The maximum absolute atomic E-state index is 12.1. The van der Waals surface area contributed by atoms with E-state index in [0.29, 0.717) is 32.9 Å². The van der Waals surface area contributed by atoms with E-state index in [4.69, 9.17) is 33.3 Å². The third-order valence-corrected chi connectivity index (χ3v) is 7.91. The van der Waals surface area contributed by atoms with Gasteiger partial charge in [0.1, 0.15) is 18.0 Å². The highest BCUT2D eigenvalue weighted by Gasteiger charge is 2.42. The Morgan fingerprint density at radius 3 is 2.60 bits per heavy atom. The van der Waals surface area contributed by atoms with E-state index in [1.54, 1.807) is 30.5 Å². The van der Waals surface area contributed by atoms with Gasteiger partial charge in [0.25, 0.3) is 5.69 Å². The number of aromatic nitrogens is 2. The summed E-state index contributed by atoms with van der Waals surface area (Å²) in [6, 6.07) is 17.0. The minimum atomic E-state index is -0.416. The zero-order valence-corrected chi connectivity index (χ0v) is 25.4. The second-order valence-corrected chi connectivity index (χ2v) is 10.7. The van der Waals surface area contributed by atoms with E-state index >= 15 is 0 Å². The normalized spacial score (nSPS) is 16.2. The molecule has 3 heterocycles. The van der Waals surface area contributed by atoms with E-state index < -0.39 is 11.0 Å². The number of nitrogens with zero attached hydrogens (tertiary/aromatic N) is 4. The van der Waals surface area contributed by atoms with Crippen molar-refractivity contribution in [2.75, 3.05) is 31.0 Å². The van der Waals surface area contributed by atoms with Gasteiger partial charge in [-0.25, -0.2) is 0 Å². The van der Waals surface area contributed by atoms with Crippen LogP contribution in [0.4, 0.5) is 17.1 Å². The molecule has 43 heavy (non-hydrogen) atoms. The molecule has 2 aromatic heterocycles. The van der Waals surface area contributed by atoms with Gasteiger partial charge in [-0.2, -0.15) is 0 Å². The van der Waals surface area contributed by atoms with Crippen molar-refractivity contribution < 1.29 is 19.2 Å². The van der Waals surface area contributed by atoms with Crippen LogP contribution in [0.25, 0.3) is 5.69 Å². The van der Waals surface area contributed by atoms with Gasteiger partial charge in [-0.3, -0.25) is 19.9 Å². The van der Waals surface area contributed by atoms with E-state index in [1.807, 2.05) is 53.6 Å². The van der Waals surface area contributed by atoms with Crippen LogP contribution in [-0.2, 0) is 9.53 Å². The van der Waals surface area contributed by atoms with Crippen molar-refractivity contribution in [2.24, 2.45) is 0 Å². The van der Waals surface area contributed by atoms with Crippen LogP contribution in [0.15, 0.2) is 66.9 Å². The van der Waals surface area contributed by atoms with Gasteiger partial charge in [0.2, 0.25) is 5.91 Å². The third kappa shape index (κ3) is 5.76. The molecule has 222 valence electrons. The lowest BCUT2D eigenvalue weighted by Gasteiger charge is -2.28. The van der Waals surface area contributed by atoms with Crippen LogP contribution in [0.5, 0.6) is 5.75 Å². The van der Waals surface area contributed by atoms with Gasteiger partial charge in [0, 0.05) is 30.4 Å². The zero-order valence-electron chi connectivity index (χ0n) is 23.8. The number of thiocarbonyl (C=S) groups is 1. The van der Waals surface area contributed by atoms with Gasteiger partial charge in [-0.05, 0) is 80.2 Å². The van der Waals surface area contributed by atoms with Gasteiger partial charge in [-0.15, -0.1) is 0 Å². The van der Waals surface area contributed by atoms with E-state index in [1.165, 1.54) is 20.3 Å². The van der Waals surface area contributed by atoms with Gasteiger partial charge in [0.15, 0.2) is 5.11 Å². The molecule has 0 saturated carbocycles. The number of halogens is 1. The summed E-state index contributed by atoms with van der Waals surface area (Å²) in [5.74, 6) is 0.0623. The Morgan fingerprint density at radius 1 is 1.16 bits per heavy atom. The van der Waals surface area contributed by atoms with Crippen LogP contribution >= 0.6 is 23.8 Å². The fourth-order valence-electron chi connectivity index (χ4n) is 5.44. The monoisotopic (exact) mass is 620 g/mol. The highest BCUT2D eigenvalue weighted by Crippen LogP contribution is 2.45. The number of pyridine rings is 1. The standard InChI is InChI=1S/C30H29ClN6O5S/c1-17-13-21(18(2)35(17)25-11-9-20(42-4)15-26(25)37(39)40)29-28(24-7-5-6-12-32-24)34-30(43)36(29)19-8-10-23(22(31)14-19)33-27(38)16-41-3/h5-15,28-29H,16H2,1-4H3,(H,33,38)(H,34,43)/t28-,29+/m1/s1. The predicted molar refractivity (Wildman–Crippen MR) is 168 cm³/mol. The fourth-order valence-corrected chi connectivity index (χ4v) is 6.01. The summed E-state index contributed by atoms with van der Waals surface area (Å²) in [6.07, 6.45) is 1.72. The molecular formula is C30H29ClN6O5S. The molecule has 2 atom stereocenters. The summed E-state index contributed by atoms with van der Waals surface area (Å²) in [5.41, 5.74) is 4.72. The molecule has 2 N–H and O–H groups in total. The number of methoxy groups -OCH3 is 2. The van der Waals surface area contributed by atoms with Gasteiger partial charge in [0.05, 0.1) is 46.6 Å². The predicted octanol–water partition coefficient (Wildman–Crippen LogP) is 5.82. The number of benzene rings is 2. The lowest BCUT2D eigenvalue weighted by atomic mass is 9.96. The van der Waals surface area contributed by atoms with Crippen molar-refractivity contribution in [3.8, 4) is 11.4 Å². The van der Waals surface area contributed by atoms with E-state index in [0.717, 1.165) is 22.6 Å². The zero-order chi connectivity index (χ0) is 30.8. The van der Waals surface area contributed by atoms with Crippen LogP contribution < -0.4 is 20.3 Å². The van der Waals surface area contributed by atoms with Crippen LogP contribution in [0.1, 0.15) is 34.7 Å². The summed E-state index contributed by atoms with van der Waals surface area (Å²) < 4.78 is 12.0. The maximum Gasteiger partial charge on any atom is 0.296 e. The summed E-state index contributed by atoms with van der Waals surface area (Å²) >= 11 is 12.5. The Hall–Kier alpha value is -4.52. The molecule has 1 saturated heterocycles. The number of amides is 1. The van der Waals surface area contributed by atoms with Crippen LogP contribution in [0, 0.1) is 24.0 Å². The number of rotatable bonds is 9. The second-order valence-electron chi connectivity index (χ2n) is 9.92. The van der Waals surface area contributed by atoms with Crippen molar-refractivity contribution in [1.29, 1.82) is 0 Å². The van der Waals surface area contributed by atoms with Crippen molar-refractivity contribution in [3.63, 3.8) is 0 Å².